The van der Waals surface area contributed by atoms with Gasteiger partial charge in [-0.25, -0.2) is 0 Å². The van der Waals surface area contributed by atoms with Crippen molar-refractivity contribution in [3.05, 3.63) is 23.5 Å². The van der Waals surface area contributed by atoms with E-state index in [-0.39, 0.29) is 43.4 Å². The van der Waals surface area contributed by atoms with Gasteiger partial charge in [0.05, 0.1) is 32.0 Å². The molecule has 0 bridgehead atoms. The molecule has 8 atom stereocenters. The van der Waals surface area contributed by atoms with E-state index in [4.69, 9.17) is 18.9 Å². The maximum absolute atomic E-state index is 12.1. The van der Waals surface area contributed by atoms with Gasteiger partial charge in [-0.1, -0.05) is 19.9 Å². The fourth-order valence-corrected chi connectivity index (χ4v) is 4.20. The van der Waals surface area contributed by atoms with Crippen molar-refractivity contribution in [2.24, 2.45) is 17.8 Å². The Morgan fingerprint density at radius 3 is 2.52 bits per heavy atom. The van der Waals surface area contributed by atoms with E-state index in [1.54, 1.807) is 0 Å². The molecule has 1 saturated heterocycles. The molecule has 0 aromatic carbocycles. The summed E-state index contributed by atoms with van der Waals surface area (Å²) in [4.78, 5) is 12.1. The monoisotopic (exact) mass is 444 g/mol. The fourth-order valence-electron chi connectivity index (χ4n) is 4.20. The molecule has 5 N–H and O–H groups in total. The highest BCUT2D eigenvalue weighted by Gasteiger charge is 2.46. The normalized spacial score (nSPS) is 37.7. The van der Waals surface area contributed by atoms with Crippen LogP contribution in [0.5, 0.6) is 0 Å². The lowest BCUT2D eigenvalue weighted by atomic mass is 9.84. The standard InChI is InChI=1S/C21H32O10/c1-10(2)5-15(24)31-20-16-11(6-22)3-4-13(16)12(8-28-20)9-29-21-19(27)18(26)17(25)14(7-23)30-21/h3,8,10,13-14,16-23,25-27H,4-7,9H2,1-2H3. The van der Waals surface area contributed by atoms with Crippen molar-refractivity contribution in [1.82, 2.24) is 0 Å². The Morgan fingerprint density at radius 1 is 1.13 bits per heavy atom. The lowest BCUT2D eigenvalue weighted by Gasteiger charge is -2.40. The first-order valence-electron chi connectivity index (χ1n) is 10.5. The Hall–Kier alpha value is -1.53. The quantitative estimate of drug-likeness (QED) is 0.237. The number of aliphatic hydroxyl groups excluding tert-OH is 5. The highest BCUT2D eigenvalue weighted by atomic mass is 16.7. The van der Waals surface area contributed by atoms with E-state index in [1.807, 2.05) is 19.9 Å². The number of carbonyl (C=O) groups is 1. The Labute approximate surface area is 180 Å². The molecule has 0 amide bonds. The van der Waals surface area contributed by atoms with Crippen LogP contribution in [0.4, 0.5) is 0 Å². The first-order valence-corrected chi connectivity index (χ1v) is 10.5. The van der Waals surface area contributed by atoms with Crippen LogP contribution >= 0.6 is 0 Å². The first-order chi connectivity index (χ1) is 14.8. The van der Waals surface area contributed by atoms with Gasteiger partial charge in [-0.2, -0.15) is 0 Å². The molecule has 10 heteroatoms. The predicted octanol–water partition coefficient (Wildman–Crippen LogP) is -0.813. The van der Waals surface area contributed by atoms with E-state index in [2.05, 4.69) is 0 Å². The maximum atomic E-state index is 12.1. The summed E-state index contributed by atoms with van der Waals surface area (Å²) in [6, 6.07) is 0. The third kappa shape index (κ3) is 5.28. The third-order valence-electron chi connectivity index (χ3n) is 5.89. The number of hydrogen-bond donors (Lipinski definition) is 5. The number of rotatable bonds is 8. The number of allylic oxidation sites excluding steroid dienone is 1. The van der Waals surface area contributed by atoms with Crippen LogP contribution in [0.1, 0.15) is 26.7 Å². The molecule has 0 aromatic rings. The zero-order valence-electron chi connectivity index (χ0n) is 17.7. The van der Waals surface area contributed by atoms with Crippen molar-refractivity contribution in [1.29, 1.82) is 0 Å². The Balaban J connectivity index is 1.66. The van der Waals surface area contributed by atoms with Crippen molar-refractivity contribution in [3.8, 4) is 0 Å². The van der Waals surface area contributed by atoms with Crippen LogP contribution in [0, 0.1) is 17.8 Å². The molecule has 0 saturated carbocycles. The van der Waals surface area contributed by atoms with Gasteiger partial charge in [-0.05, 0) is 23.5 Å². The zero-order chi connectivity index (χ0) is 22.7. The highest BCUT2D eigenvalue weighted by molar-refractivity contribution is 5.69. The number of aliphatic hydroxyl groups is 5. The van der Waals surface area contributed by atoms with Gasteiger partial charge < -0.3 is 44.5 Å². The van der Waals surface area contributed by atoms with Crippen LogP contribution in [0.15, 0.2) is 23.5 Å². The van der Waals surface area contributed by atoms with E-state index in [1.165, 1.54) is 6.26 Å². The van der Waals surface area contributed by atoms with Crippen molar-refractivity contribution >= 4 is 5.97 Å². The molecule has 0 aromatic heterocycles. The average Bonchev–Trinajstić information content (AvgIpc) is 3.17. The molecule has 3 aliphatic rings. The molecule has 176 valence electrons. The number of fused-ring (bicyclic) bond motifs is 1. The van der Waals surface area contributed by atoms with Crippen LogP contribution in [0.2, 0.25) is 0 Å². The first kappa shape index (κ1) is 24.1. The summed E-state index contributed by atoms with van der Waals surface area (Å²) < 4.78 is 22.2. The lowest BCUT2D eigenvalue weighted by molar-refractivity contribution is -0.299. The smallest absolute Gasteiger partial charge is 0.309 e. The van der Waals surface area contributed by atoms with Gasteiger partial charge in [-0.3, -0.25) is 4.79 Å². The molecular formula is C21H32O10. The summed E-state index contributed by atoms with van der Waals surface area (Å²) in [5.74, 6) is -0.740. The van der Waals surface area contributed by atoms with Crippen molar-refractivity contribution < 1.29 is 49.3 Å². The zero-order valence-corrected chi connectivity index (χ0v) is 17.7. The summed E-state index contributed by atoms with van der Waals surface area (Å²) in [6.07, 6.45) is -3.49. The van der Waals surface area contributed by atoms with Crippen LogP contribution in [0.25, 0.3) is 0 Å². The van der Waals surface area contributed by atoms with E-state index < -0.39 is 43.6 Å². The van der Waals surface area contributed by atoms with Crippen molar-refractivity contribution in [2.75, 3.05) is 19.8 Å². The Morgan fingerprint density at radius 2 is 1.87 bits per heavy atom. The molecule has 3 rings (SSSR count). The van der Waals surface area contributed by atoms with Gasteiger partial charge in [0.2, 0.25) is 6.29 Å². The SMILES string of the molecule is CC(C)CC(=O)OC1OC=C(COC2OC(CO)C(O)C(O)C2O)C2CC=C(CO)C12. The number of hydrogen-bond acceptors (Lipinski definition) is 10. The second-order valence-corrected chi connectivity index (χ2v) is 8.60. The van der Waals surface area contributed by atoms with Crippen LogP contribution in [-0.2, 0) is 23.7 Å². The minimum Gasteiger partial charge on any atom is -0.462 e. The van der Waals surface area contributed by atoms with Crippen molar-refractivity contribution in [3.63, 3.8) is 0 Å². The lowest BCUT2D eigenvalue weighted by Crippen LogP contribution is -2.59. The molecule has 2 heterocycles. The summed E-state index contributed by atoms with van der Waals surface area (Å²) in [5.41, 5.74) is 1.42. The summed E-state index contributed by atoms with van der Waals surface area (Å²) in [6.45, 7) is 3.06. The third-order valence-corrected chi connectivity index (χ3v) is 5.89. The summed E-state index contributed by atoms with van der Waals surface area (Å²) in [7, 11) is 0. The van der Waals surface area contributed by atoms with E-state index in [0.29, 0.717) is 17.6 Å². The minimum absolute atomic E-state index is 0.0247. The maximum Gasteiger partial charge on any atom is 0.309 e. The van der Waals surface area contributed by atoms with E-state index in [9.17, 15) is 30.3 Å². The molecule has 1 fully saturated rings. The predicted molar refractivity (Wildman–Crippen MR) is 105 cm³/mol. The number of esters is 1. The fraction of sp³-hybridized carbons (Fsp3) is 0.762. The molecular weight excluding hydrogens is 412 g/mol. The van der Waals surface area contributed by atoms with Gasteiger partial charge in [-0.15, -0.1) is 0 Å². The van der Waals surface area contributed by atoms with Crippen LogP contribution < -0.4 is 0 Å². The molecule has 10 nitrogen and oxygen atoms in total. The van der Waals surface area contributed by atoms with Crippen LogP contribution in [-0.4, -0.2) is 88.3 Å². The summed E-state index contributed by atoms with van der Waals surface area (Å²) in [5, 5.41) is 48.9. The largest absolute Gasteiger partial charge is 0.462 e. The van der Waals surface area contributed by atoms with Gasteiger partial charge in [0.1, 0.15) is 24.4 Å². The van der Waals surface area contributed by atoms with Crippen molar-refractivity contribution in [2.45, 2.75) is 63.7 Å². The second-order valence-electron chi connectivity index (χ2n) is 8.60. The molecule has 0 spiro atoms. The number of ether oxygens (including phenoxy) is 4. The van der Waals surface area contributed by atoms with Gasteiger partial charge in [0.25, 0.3) is 0 Å². The topological polar surface area (TPSA) is 155 Å². The van der Waals surface area contributed by atoms with Gasteiger partial charge in [0, 0.05) is 12.3 Å². The van der Waals surface area contributed by atoms with E-state index >= 15 is 0 Å². The second kappa shape index (κ2) is 10.4. The molecule has 8 unspecified atom stereocenters. The van der Waals surface area contributed by atoms with Gasteiger partial charge >= 0.3 is 5.97 Å². The molecule has 2 aliphatic heterocycles. The van der Waals surface area contributed by atoms with Crippen LogP contribution in [0.3, 0.4) is 0 Å². The molecule has 0 radical (unpaired) electrons. The molecule has 31 heavy (non-hydrogen) atoms. The Bertz CT molecular complexity index is 688. The highest BCUT2D eigenvalue weighted by Crippen LogP contribution is 2.43. The minimum atomic E-state index is -1.53. The summed E-state index contributed by atoms with van der Waals surface area (Å²) >= 11 is 0. The number of carbonyl (C=O) groups excluding carboxylic acids is 1. The van der Waals surface area contributed by atoms with E-state index in [0.717, 1.165) is 0 Å². The average molecular weight is 444 g/mol. The Kier molecular flexibility index (Phi) is 8.08. The molecule has 1 aliphatic carbocycles. The van der Waals surface area contributed by atoms with Gasteiger partial charge in [0.15, 0.2) is 6.29 Å².